The van der Waals surface area contributed by atoms with Crippen LogP contribution in [-0.2, 0) is 9.59 Å². The van der Waals surface area contributed by atoms with E-state index in [1.807, 2.05) is 0 Å². The fourth-order valence-corrected chi connectivity index (χ4v) is 1.70. The molecule has 1 aromatic rings. The van der Waals surface area contributed by atoms with Gasteiger partial charge in [-0.15, -0.1) is 13.2 Å². The number of alkyl halides is 3. The Kier molecular flexibility index (Phi) is 3.78. The van der Waals surface area contributed by atoms with E-state index in [0.29, 0.717) is 5.56 Å². The monoisotopic (exact) mass is 285 g/mol. The van der Waals surface area contributed by atoms with Gasteiger partial charge in [0.25, 0.3) is 0 Å². The molecule has 20 heavy (non-hydrogen) atoms. The lowest BCUT2D eigenvalue weighted by Crippen LogP contribution is -2.22. The van der Waals surface area contributed by atoms with Crippen LogP contribution in [0.4, 0.5) is 13.2 Å². The van der Waals surface area contributed by atoms with E-state index >= 15 is 0 Å². The number of likely N-dealkylation sites (tertiary alicyclic amines) is 1. The average Bonchev–Trinajstić information content (AvgIpc) is 2.67. The SMILES string of the molecule is O=C1CCC(=O)N1C=Cc1ccc(OC(F)(F)F)cc1. The predicted octanol–water partition coefficient (Wildman–Crippen LogP) is 2.70. The van der Waals surface area contributed by atoms with Gasteiger partial charge in [-0.25, -0.2) is 0 Å². The molecule has 1 fully saturated rings. The molecule has 2 amide bonds. The van der Waals surface area contributed by atoms with Gasteiger partial charge in [0, 0.05) is 19.0 Å². The lowest BCUT2D eigenvalue weighted by molar-refractivity contribution is -0.274. The minimum atomic E-state index is -4.73. The molecule has 1 heterocycles. The Hall–Kier alpha value is -2.31. The zero-order chi connectivity index (χ0) is 14.8. The maximum atomic E-state index is 12.0. The Morgan fingerprint density at radius 2 is 1.60 bits per heavy atom. The zero-order valence-corrected chi connectivity index (χ0v) is 10.2. The molecule has 0 N–H and O–H groups in total. The number of benzene rings is 1. The lowest BCUT2D eigenvalue weighted by Gasteiger charge is -2.09. The summed E-state index contributed by atoms with van der Waals surface area (Å²) in [5.41, 5.74) is 0.548. The summed E-state index contributed by atoms with van der Waals surface area (Å²) in [6.07, 6.45) is -1.58. The van der Waals surface area contributed by atoms with Crippen molar-refractivity contribution in [3.8, 4) is 5.75 Å². The van der Waals surface area contributed by atoms with Gasteiger partial charge in [0.1, 0.15) is 5.75 Å². The van der Waals surface area contributed by atoms with Gasteiger partial charge in [-0.1, -0.05) is 12.1 Å². The van der Waals surface area contributed by atoms with Gasteiger partial charge in [0.2, 0.25) is 11.8 Å². The Morgan fingerprint density at radius 1 is 1.05 bits per heavy atom. The van der Waals surface area contributed by atoms with Crippen LogP contribution < -0.4 is 4.74 Å². The van der Waals surface area contributed by atoms with Crippen molar-refractivity contribution in [3.63, 3.8) is 0 Å². The van der Waals surface area contributed by atoms with E-state index in [9.17, 15) is 22.8 Å². The van der Waals surface area contributed by atoms with Crippen molar-refractivity contribution in [2.75, 3.05) is 0 Å². The van der Waals surface area contributed by atoms with Crippen LogP contribution in [0.25, 0.3) is 6.08 Å². The van der Waals surface area contributed by atoms with Crippen LogP contribution in [0.15, 0.2) is 30.5 Å². The molecular formula is C13H10F3NO3. The summed E-state index contributed by atoms with van der Waals surface area (Å²) >= 11 is 0. The molecule has 0 radical (unpaired) electrons. The maximum absolute atomic E-state index is 12.0. The van der Waals surface area contributed by atoms with Crippen molar-refractivity contribution in [2.24, 2.45) is 0 Å². The molecule has 2 rings (SSSR count). The van der Waals surface area contributed by atoms with Gasteiger partial charge in [-0.05, 0) is 23.8 Å². The van der Waals surface area contributed by atoms with E-state index < -0.39 is 6.36 Å². The van der Waals surface area contributed by atoms with Gasteiger partial charge in [0.15, 0.2) is 0 Å². The first kappa shape index (κ1) is 14.1. The summed E-state index contributed by atoms with van der Waals surface area (Å²) in [6.45, 7) is 0. The average molecular weight is 285 g/mol. The summed E-state index contributed by atoms with van der Waals surface area (Å²) in [4.78, 5) is 23.7. The normalized spacial score (nSPS) is 16.2. The number of imide groups is 1. The highest BCUT2D eigenvalue weighted by atomic mass is 19.4. The molecule has 1 aromatic carbocycles. The molecule has 106 valence electrons. The third-order valence-corrected chi connectivity index (χ3v) is 2.62. The van der Waals surface area contributed by atoms with E-state index in [1.54, 1.807) is 0 Å². The fraction of sp³-hybridized carbons (Fsp3) is 0.231. The molecule has 1 saturated heterocycles. The minimum absolute atomic E-state index is 0.182. The molecule has 0 spiro atoms. The van der Waals surface area contributed by atoms with Gasteiger partial charge < -0.3 is 4.74 Å². The summed E-state index contributed by atoms with van der Waals surface area (Å²) in [5.74, 6) is -0.908. The number of rotatable bonds is 3. The predicted molar refractivity (Wildman–Crippen MR) is 63.2 cm³/mol. The third-order valence-electron chi connectivity index (χ3n) is 2.62. The number of halogens is 3. The minimum Gasteiger partial charge on any atom is -0.406 e. The molecule has 1 aliphatic heterocycles. The van der Waals surface area contributed by atoms with Gasteiger partial charge in [0.05, 0.1) is 0 Å². The van der Waals surface area contributed by atoms with Crippen LogP contribution in [0.1, 0.15) is 18.4 Å². The largest absolute Gasteiger partial charge is 0.573 e. The number of carbonyl (C=O) groups excluding carboxylic acids is 2. The van der Waals surface area contributed by atoms with Crippen molar-refractivity contribution in [2.45, 2.75) is 19.2 Å². The lowest BCUT2D eigenvalue weighted by atomic mass is 10.2. The topological polar surface area (TPSA) is 46.6 Å². The van der Waals surface area contributed by atoms with E-state index in [0.717, 1.165) is 17.0 Å². The summed E-state index contributed by atoms with van der Waals surface area (Å²) < 4.78 is 39.6. The van der Waals surface area contributed by atoms with Crippen molar-refractivity contribution in [1.29, 1.82) is 0 Å². The van der Waals surface area contributed by atoms with Crippen LogP contribution in [0, 0.1) is 0 Å². The maximum Gasteiger partial charge on any atom is 0.573 e. The first-order valence-corrected chi connectivity index (χ1v) is 5.74. The first-order valence-electron chi connectivity index (χ1n) is 5.74. The second-order valence-electron chi connectivity index (χ2n) is 4.09. The number of hydrogen-bond donors (Lipinski definition) is 0. The van der Waals surface area contributed by atoms with Crippen LogP contribution in [0.2, 0.25) is 0 Å². The Balaban J connectivity index is 2.04. The van der Waals surface area contributed by atoms with Crippen LogP contribution >= 0.6 is 0 Å². The first-order chi connectivity index (χ1) is 9.35. The number of carbonyl (C=O) groups is 2. The number of nitrogens with zero attached hydrogens (tertiary/aromatic N) is 1. The molecule has 0 unspecified atom stereocenters. The summed E-state index contributed by atoms with van der Waals surface area (Å²) in [5, 5.41) is 0. The number of hydrogen-bond acceptors (Lipinski definition) is 3. The van der Waals surface area contributed by atoms with E-state index in [-0.39, 0.29) is 30.4 Å². The molecule has 0 saturated carbocycles. The summed E-state index contributed by atoms with van der Waals surface area (Å²) in [7, 11) is 0. The number of ether oxygens (including phenoxy) is 1. The molecule has 7 heteroatoms. The number of amides is 2. The second kappa shape index (κ2) is 5.36. The molecule has 0 atom stereocenters. The summed E-state index contributed by atoms with van der Waals surface area (Å²) in [6, 6.07) is 5.09. The van der Waals surface area contributed by atoms with Crippen molar-refractivity contribution >= 4 is 17.9 Å². The standard InChI is InChI=1S/C13H10F3NO3/c14-13(15,16)20-10-3-1-9(2-4-10)7-8-17-11(18)5-6-12(17)19/h1-4,7-8H,5-6H2. The molecular weight excluding hydrogens is 275 g/mol. The van der Waals surface area contributed by atoms with Gasteiger partial charge in [-0.3, -0.25) is 14.5 Å². The van der Waals surface area contributed by atoms with E-state index in [4.69, 9.17) is 0 Å². The highest BCUT2D eigenvalue weighted by molar-refractivity contribution is 6.03. The van der Waals surface area contributed by atoms with Crippen LogP contribution in [-0.4, -0.2) is 23.1 Å². The second-order valence-corrected chi connectivity index (χ2v) is 4.09. The van der Waals surface area contributed by atoms with Crippen molar-refractivity contribution in [3.05, 3.63) is 36.0 Å². The van der Waals surface area contributed by atoms with E-state index in [1.165, 1.54) is 24.4 Å². The zero-order valence-electron chi connectivity index (χ0n) is 10.2. The Morgan fingerprint density at radius 3 is 2.10 bits per heavy atom. The highest BCUT2D eigenvalue weighted by Gasteiger charge is 2.31. The van der Waals surface area contributed by atoms with Gasteiger partial charge in [-0.2, -0.15) is 0 Å². The Bertz CT molecular complexity index is 533. The molecule has 4 nitrogen and oxygen atoms in total. The smallest absolute Gasteiger partial charge is 0.406 e. The van der Waals surface area contributed by atoms with E-state index in [2.05, 4.69) is 4.74 Å². The van der Waals surface area contributed by atoms with Crippen LogP contribution in [0.5, 0.6) is 5.75 Å². The molecule has 0 bridgehead atoms. The Labute approximate surface area is 112 Å². The van der Waals surface area contributed by atoms with Crippen molar-refractivity contribution < 1.29 is 27.5 Å². The van der Waals surface area contributed by atoms with Crippen LogP contribution in [0.3, 0.4) is 0 Å². The third kappa shape index (κ3) is 3.59. The highest BCUT2D eigenvalue weighted by Crippen LogP contribution is 2.23. The fourth-order valence-electron chi connectivity index (χ4n) is 1.70. The molecule has 0 aromatic heterocycles. The van der Waals surface area contributed by atoms with Gasteiger partial charge >= 0.3 is 6.36 Å². The van der Waals surface area contributed by atoms with Crippen molar-refractivity contribution in [1.82, 2.24) is 4.90 Å². The molecule has 1 aliphatic rings. The quantitative estimate of drug-likeness (QED) is 0.802. The molecule has 0 aliphatic carbocycles.